The van der Waals surface area contributed by atoms with Gasteiger partial charge in [-0.2, -0.15) is 13.2 Å². The highest BCUT2D eigenvalue weighted by atomic mass is 19.4. The zero-order valence-electron chi connectivity index (χ0n) is 12.3. The summed E-state index contributed by atoms with van der Waals surface area (Å²) in [5.74, 6) is 0.403. The van der Waals surface area contributed by atoms with Crippen LogP contribution in [-0.2, 0) is 22.2 Å². The molecule has 3 nitrogen and oxygen atoms in total. The molecule has 3 rings (SSSR count). The van der Waals surface area contributed by atoms with E-state index in [4.69, 9.17) is 9.47 Å². The number of rotatable bonds is 3. The van der Waals surface area contributed by atoms with Gasteiger partial charge in [-0.3, -0.25) is 4.90 Å². The quantitative estimate of drug-likeness (QED) is 0.854. The van der Waals surface area contributed by atoms with Crippen molar-refractivity contribution in [3.63, 3.8) is 0 Å². The lowest BCUT2D eigenvalue weighted by Gasteiger charge is -2.33. The Morgan fingerprint density at radius 2 is 1.77 bits per heavy atom. The fraction of sp³-hybridized carbons (Fsp3) is 0.625. The fourth-order valence-corrected chi connectivity index (χ4v) is 3.14. The third kappa shape index (κ3) is 3.80. The molecule has 0 atom stereocenters. The zero-order chi connectivity index (χ0) is 15.6. The van der Waals surface area contributed by atoms with Gasteiger partial charge in [0.15, 0.2) is 6.29 Å². The molecule has 2 aliphatic heterocycles. The molecular weight excluding hydrogens is 295 g/mol. The molecule has 1 aromatic carbocycles. The molecule has 6 heteroatoms. The van der Waals surface area contributed by atoms with Crippen LogP contribution in [0.3, 0.4) is 0 Å². The third-order valence-corrected chi connectivity index (χ3v) is 4.33. The summed E-state index contributed by atoms with van der Waals surface area (Å²) >= 11 is 0. The Bertz CT molecular complexity index is 492. The van der Waals surface area contributed by atoms with Gasteiger partial charge in [0, 0.05) is 12.5 Å². The molecule has 22 heavy (non-hydrogen) atoms. The van der Waals surface area contributed by atoms with E-state index in [1.807, 2.05) is 0 Å². The Morgan fingerprint density at radius 3 is 2.41 bits per heavy atom. The van der Waals surface area contributed by atoms with E-state index in [0.29, 0.717) is 31.2 Å². The number of hydrogen-bond acceptors (Lipinski definition) is 3. The van der Waals surface area contributed by atoms with Crippen molar-refractivity contribution in [2.24, 2.45) is 5.92 Å². The van der Waals surface area contributed by atoms with Gasteiger partial charge in [-0.15, -0.1) is 0 Å². The van der Waals surface area contributed by atoms with Crippen LogP contribution in [0.5, 0.6) is 0 Å². The summed E-state index contributed by atoms with van der Waals surface area (Å²) in [5, 5.41) is 0. The van der Waals surface area contributed by atoms with Crippen molar-refractivity contribution in [1.82, 2.24) is 4.90 Å². The van der Waals surface area contributed by atoms with Gasteiger partial charge in [0.05, 0.1) is 18.8 Å². The molecule has 2 saturated heterocycles. The topological polar surface area (TPSA) is 21.7 Å². The summed E-state index contributed by atoms with van der Waals surface area (Å²) in [6, 6.07) is 5.59. The second kappa shape index (κ2) is 6.56. The molecule has 0 radical (unpaired) electrons. The van der Waals surface area contributed by atoms with E-state index in [1.54, 1.807) is 6.07 Å². The first-order valence-electron chi connectivity index (χ1n) is 7.64. The highest BCUT2D eigenvalue weighted by Crippen LogP contribution is 2.30. The van der Waals surface area contributed by atoms with Gasteiger partial charge >= 0.3 is 6.18 Å². The smallest absolute Gasteiger partial charge is 0.350 e. The highest BCUT2D eigenvalue weighted by Gasteiger charge is 2.32. The van der Waals surface area contributed by atoms with Crippen LogP contribution in [0.25, 0.3) is 0 Å². The molecule has 1 aromatic rings. The maximum atomic E-state index is 12.7. The number of alkyl halides is 3. The van der Waals surface area contributed by atoms with Crippen LogP contribution < -0.4 is 0 Å². The van der Waals surface area contributed by atoms with Crippen molar-refractivity contribution >= 4 is 0 Å². The lowest BCUT2D eigenvalue weighted by atomic mass is 9.95. The lowest BCUT2D eigenvalue weighted by molar-refractivity contribution is -0.137. The summed E-state index contributed by atoms with van der Waals surface area (Å²) in [5.41, 5.74) is 0.134. The minimum atomic E-state index is -4.28. The van der Waals surface area contributed by atoms with Gasteiger partial charge in [-0.05, 0) is 37.6 Å². The first-order chi connectivity index (χ1) is 10.5. The number of ether oxygens (including phenoxy) is 2. The van der Waals surface area contributed by atoms with E-state index in [2.05, 4.69) is 4.90 Å². The molecule has 2 heterocycles. The van der Waals surface area contributed by atoms with Gasteiger partial charge in [-0.25, -0.2) is 0 Å². The molecule has 0 unspecified atom stereocenters. The average molecular weight is 315 g/mol. The van der Waals surface area contributed by atoms with Crippen molar-refractivity contribution in [1.29, 1.82) is 0 Å². The largest absolute Gasteiger partial charge is 0.416 e. The molecule has 0 N–H and O–H groups in total. The van der Waals surface area contributed by atoms with E-state index < -0.39 is 11.7 Å². The van der Waals surface area contributed by atoms with Crippen LogP contribution in [-0.4, -0.2) is 37.5 Å². The standard InChI is InChI=1S/C16H20F3NO2/c17-16(18,19)14-3-1-2-12(10-14)11-20-6-4-13(5-7-20)15-21-8-9-22-15/h1-3,10,13,15H,4-9,11H2. The molecule has 0 saturated carbocycles. The highest BCUT2D eigenvalue weighted by molar-refractivity contribution is 5.25. The first kappa shape index (κ1) is 15.8. The number of likely N-dealkylation sites (tertiary alicyclic amines) is 1. The van der Waals surface area contributed by atoms with E-state index in [-0.39, 0.29) is 6.29 Å². The Hall–Kier alpha value is -1.11. The van der Waals surface area contributed by atoms with E-state index in [0.717, 1.165) is 32.0 Å². The van der Waals surface area contributed by atoms with Crippen molar-refractivity contribution in [2.45, 2.75) is 31.9 Å². The van der Waals surface area contributed by atoms with Crippen molar-refractivity contribution in [3.05, 3.63) is 35.4 Å². The Morgan fingerprint density at radius 1 is 1.09 bits per heavy atom. The molecule has 2 fully saturated rings. The SMILES string of the molecule is FC(F)(F)c1cccc(CN2CCC(C3OCCO3)CC2)c1. The summed E-state index contributed by atoms with van der Waals surface area (Å²) < 4.78 is 49.3. The number of benzene rings is 1. The normalized spacial score (nSPS) is 22.3. The van der Waals surface area contributed by atoms with Gasteiger partial charge in [0.25, 0.3) is 0 Å². The number of piperidine rings is 1. The van der Waals surface area contributed by atoms with Crippen molar-refractivity contribution in [2.75, 3.05) is 26.3 Å². The first-order valence-corrected chi connectivity index (χ1v) is 7.64. The van der Waals surface area contributed by atoms with Crippen molar-refractivity contribution < 1.29 is 22.6 Å². The Labute approximate surface area is 128 Å². The molecule has 0 spiro atoms. The monoisotopic (exact) mass is 315 g/mol. The second-order valence-electron chi connectivity index (χ2n) is 5.92. The molecule has 0 aromatic heterocycles. The Kier molecular flexibility index (Phi) is 4.70. The van der Waals surface area contributed by atoms with Gasteiger partial charge in [0.2, 0.25) is 0 Å². The maximum absolute atomic E-state index is 12.7. The van der Waals surface area contributed by atoms with Crippen LogP contribution in [0.15, 0.2) is 24.3 Å². The predicted octanol–water partition coefficient (Wildman–Crippen LogP) is 3.29. The molecule has 0 aliphatic carbocycles. The number of hydrogen-bond donors (Lipinski definition) is 0. The minimum absolute atomic E-state index is 0.0873. The van der Waals surface area contributed by atoms with Gasteiger partial charge in [0.1, 0.15) is 0 Å². The second-order valence-corrected chi connectivity index (χ2v) is 5.92. The lowest BCUT2D eigenvalue weighted by Crippen LogP contribution is -2.37. The van der Waals surface area contributed by atoms with E-state index >= 15 is 0 Å². The van der Waals surface area contributed by atoms with Gasteiger partial charge in [-0.1, -0.05) is 18.2 Å². The van der Waals surface area contributed by atoms with Crippen LogP contribution >= 0.6 is 0 Å². The number of halogens is 3. The maximum Gasteiger partial charge on any atom is 0.416 e. The van der Waals surface area contributed by atoms with E-state index in [9.17, 15) is 13.2 Å². The minimum Gasteiger partial charge on any atom is -0.350 e. The summed E-state index contributed by atoms with van der Waals surface area (Å²) in [7, 11) is 0. The van der Waals surface area contributed by atoms with E-state index in [1.165, 1.54) is 12.1 Å². The molecule has 2 aliphatic rings. The van der Waals surface area contributed by atoms with Gasteiger partial charge < -0.3 is 9.47 Å². The molecule has 0 amide bonds. The zero-order valence-corrected chi connectivity index (χ0v) is 12.3. The molecule has 122 valence electrons. The predicted molar refractivity (Wildman–Crippen MR) is 75.1 cm³/mol. The van der Waals surface area contributed by atoms with Crippen LogP contribution in [0.2, 0.25) is 0 Å². The molecular formula is C16H20F3NO2. The summed E-state index contributed by atoms with van der Waals surface area (Å²) in [4.78, 5) is 2.20. The fourth-order valence-electron chi connectivity index (χ4n) is 3.14. The average Bonchev–Trinajstić information content (AvgIpc) is 3.02. The van der Waals surface area contributed by atoms with Crippen molar-refractivity contribution in [3.8, 4) is 0 Å². The number of nitrogens with zero attached hydrogens (tertiary/aromatic N) is 1. The van der Waals surface area contributed by atoms with Crippen LogP contribution in [0.4, 0.5) is 13.2 Å². The van der Waals surface area contributed by atoms with Crippen LogP contribution in [0, 0.1) is 5.92 Å². The third-order valence-electron chi connectivity index (χ3n) is 4.33. The summed E-state index contributed by atoms with van der Waals surface area (Å²) in [6.07, 6.45) is -2.44. The van der Waals surface area contributed by atoms with Crippen LogP contribution in [0.1, 0.15) is 24.0 Å². The Balaban J connectivity index is 1.54. The molecule has 0 bridgehead atoms. The summed E-state index contributed by atoms with van der Waals surface area (Å²) in [6.45, 7) is 3.61.